The average Bonchev–Trinajstić information content (AvgIpc) is 2.67. The van der Waals surface area contributed by atoms with Gasteiger partial charge in [0, 0.05) is 29.9 Å². The Morgan fingerprint density at radius 3 is 2.85 bits per heavy atom. The number of hydrogen-bond acceptors (Lipinski definition) is 6. The molecule has 0 aliphatic carbocycles. The van der Waals surface area contributed by atoms with E-state index in [0.717, 1.165) is 23.0 Å². The summed E-state index contributed by atoms with van der Waals surface area (Å²) in [4.78, 5) is 8.54. The second kappa shape index (κ2) is 7.76. The highest BCUT2D eigenvalue weighted by atomic mass is 19.1. The number of anilines is 3. The fourth-order valence-electron chi connectivity index (χ4n) is 2.58. The van der Waals surface area contributed by atoms with Crippen LogP contribution in [0.4, 0.5) is 21.7 Å². The van der Waals surface area contributed by atoms with E-state index in [1.54, 1.807) is 6.20 Å². The first-order chi connectivity index (χ1) is 12.6. The molecule has 2 aromatic heterocycles. The SMILES string of the molecule is CCC(CN)Nc1nc(Nc2ccc3ncccc3c2)c(C#N)cc1F. The van der Waals surface area contributed by atoms with Crippen molar-refractivity contribution in [3.8, 4) is 6.07 Å². The lowest BCUT2D eigenvalue weighted by Crippen LogP contribution is -2.29. The number of nitrogens with two attached hydrogens (primary N) is 1. The van der Waals surface area contributed by atoms with Crippen LogP contribution in [0.3, 0.4) is 0 Å². The molecule has 0 bridgehead atoms. The Morgan fingerprint density at radius 1 is 1.27 bits per heavy atom. The number of rotatable bonds is 6. The van der Waals surface area contributed by atoms with Crippen molar-refractivity contribution in [2.45, 2.75) is 19.4 Å². The zero-order valence-electron chi connectivity index (χ0n) is 14.3. The number of aromatic nitrogens is 2. The van der Waals surface area contributed by atoms with Crippen LogP contribution in [0.15, 0.2) is 42.6 Å². The molecule has 2 heterocycles. The van der Waals surface area contributed by atoms with Crippen LogP contribution in [0.5, 0.6) is 0 Å². The standard InChI is InChI=1S/C19H19FN6/c1-2-14(11-22)24-19-16(20)9-13(10-21)18(26-19)25-15-5-6-17-12(8-15)4-3-7-23-17/h3-9,14H,2,11,22H2,1H3,(H2,24,25,26). The van der Waals surface area contributed by atoms with E-state index in [0.29, 0.717) is 6.54 Å². The molecule has 0 aliphatic heterocycles. The molecule has 4 N–H and O–H groups in total. The van der Waals surface area contributed by atoms with Gasteiger partial charge in [-0.15, -0.1) is 0 Å². The molecule has 0 amide bonds. The smallest absolute Gasteiger partial charge is 0.166 e. The first kappa shape index (κ1) is 17.6. The van der Waals surface area contributed by atoms with E-state index in [9.17, 15) is 9.65 Å². The zero-order valence-corrected chi connectivity index (χ0v) is 14.3. The molecule has 0 saturated carbocycles. The minimum atomic E-state index is -0.582. The van der Waals surface area contributed by atoms with Crippen LogP contribution in [0, 0.1) is 17.1 Å². The van der Waals surface area contributed by atoms with Crippen molar-refractivity contribution >= 4 is 28.2 Å². The molecule has 0 saturated heterocycles. The Balaban J connectivity index is 1.95. The van der Waals surface area contributed by atoms with Crippen molar-refractivity contribution in [2.75, 3.05) is 17.2 Å². The fourth-order valence-corrected chi connectivity index (χ4v) is 2.58. The lowest BCUT2D eigenvalue weighted by molar-refractivity contribution is 0.614. The maximum absolute atomic E-state index is 14.2. The third-order valence-electron chi connectivity index (χ3n) is 4.08. The lowest BCUT2D eigenvalue weighted by atomic mass is 10.2. The quantitative estimate of drug-likeness (QED) is 0.629. The van der Waals surface area contributed by atoms with Crippen LogP contribution in [-0.2, 0) is 0 Å². The van der Waals surface area contributed by atoms with Gasteiger partial charge in [-0.05, 0) is 36.8 Å². The largest absolute Gasteiger partial charge is 0.364 e. The number of fused-ring (bicyclic) bond motifs is 1. The fraction of sp³-hybridized carbons (Fsp3) is 0.211. The van der Waals surface area contributed by atoms with Crippen LogP contribution in [0.2, 0.25) is 0 Å². The summed E-state index contributed by atoms with van der Waals surface area (Å²) in [5.41, 5.74) is 7.39. The van der Waals surface area contributed by atoms with Crippen LogP contribution in [0.25, 0.3) is 10.9 Å². The van der Waals surface area contributed by atoms with Gasteiger partial charge < -0.3 is 16.4 Å². The highest BCUT2D eigenvalue weighted by molar-refractivity contribution is 5.83. The minimum absolute atomic E-state index is 0.0752. The summed E-state index contributed by atoms with van der Waals surface area (Å²) in [6.07, 6.45) is 2.46. The topological polar surface area (TPSA) is 99.7 Å². The van der Waals surface area contributed by atoms with Crippen LogP contribution in [-0.4, -0.2) is 22.6 Å². The van der Waals surface area contributed by atoms with Gasteiger partial charge in [-0.25, -0.2) is 9.37 Å². The van der Waals surface area contributed by atoms with E-state index < -0.39 is 5.82 Å². The van der Waals surface area contributed by atoms with E-state index in [4.69, 9.17) is 5.73 Å². The van der Waals surface area contributed by atoms with Crippen molar-refractivity contribution in [1.29, 1.82) is 5.26 Å². The van der Waals surface area contributed by atoms with Crippen LogP contribution in [0.1, 0.15) is 18.9 Å². The van der Waals surface area contributed by atoms with E-state index >= 15 is 0 Å². The predicted molar refractivity (Wildman–Crippen MR) is 101 cm³/mol. The highest BCUT2D eigenvalue weighted by Crippen LogP contribution is 2.25. The monoisotopic (exact) mass is 350 g/mol. The summed E-state index contributed by atoms with van der Waals surface area (Å²) in [6, 6.07) is 12.4. The summed E-state index contributed by atoms with van der Waals surface area (Å²) >= 11 is 0. The van der Waals surface area contributed by atoms with E-state index in [1.165, 1.54) is 6.07 Å². The second-order valence-electron chi connectivity index (χ2n) is 5.85. The summed E-state index contributed by atoms with van der Waals surface area (Å²) in [6.45, 7) is 2.31. The lowest BCUT2D eigenvalue weighted by Gasteiger charge is -2.17. The Bertz CT molecular complexity index is 962. The predicted octanol–water partition coefficient (Wildman–Crippen LogP) is 3.53. The van der Waals surface area contributed by atoms with Gasteiger partial charge in [-0.3, -0.25) is 4.98 Å². The maximum atomic E-state index is 14.2. The molecule has 6 nitrogen and oxygen atoms in total. The van der Waals surface area contributed by atoms with Gasteiger partial charge in [-0.1, -0.05) is 13.0 Å². The van der Waals surface area contributed by atoms with Crippen molar-refractivity contribution in [2.24, 2.45) is 5.73 Å². The first-order valence-electron chi connectivity index (χ1n) is 8.33. The third-order valence-corrected chi connectivity index (χ3v) is 4.08. The Labute approximate surface area is 150 Å². The zero-order chi connectivity index (χ0) is 18.5. The normalized spacial score (nSPS) is 11.8. The number of pyridine rings is 2. The second-order valence-corrected chi connectivity index (χ2v) is 5.85. The summed E-state index contributed by atoms with van der Waals surface area (Å²) in [5.74, 6) is -0.223. The minimum Gasteiger partial charge on any atom is -0.364 e. The van der Waals surface area contributed by atoms with Gasteiger partial charge >= 0.3 is 0 Å². The van der Waals surface area contributed by atoms with E-state index in [-0.39, 0.29) is 23.2 Å². The van der Waals surface area contributed by atoms with E-state index in [2.05, 4.69) is 20.6 Å². The number of benzene rings is 1. The van der Waals surface area contributed by atoms with Gasteiger partial charge in [0.25, 0.3) is 0 Å². The molecule has 0 spiro atoms. The Kier molecular flexibility index (Phi) is 5.25. The molecule has 7 heteroatoms. The van der Waals surface area contributed by atoms with Gasteiger partial charge in [0.2, 0.25) is 0 Å². The van der Waals surface area contributed by atoms with Crippen molar-refractivity contribution in [3.63, 3.8) is 0 Å². The van der Waals surface area contributed by atoms with Crippen molar-refractivity contribution < 1.29 is 4.39 Å². The number of halogens is 1. The molecule has 1 atom stereocenters. The molecule has 1 aromatic carbocycles. The summed E-state index contributed by atoms with van der Waals surface area (Å²) in [7, 11) is 0. The first-order valence-corrected chi connectivity index (χ1v) is 8.33. The molecule has 26 heavy (non-hydrogen) atoms. The number of nitrogens with zero attached hydrogens (tertiary/aromatic N) is 3. The molecule has 132 valence electrons. The number of nitrogens with one attached hydrogen (secondary N) is 2. The molecular formula is C19H19FN6. The van der Waals surface area contributed by atoms with Crippen LogP contribution >= 0.6 is 0 Å². The highest BCUT2D eigenvalue weighted by Gasteiger charge is 2.15. The maximum Gasteiger partial charge on any atom is 0.166 e. The summed E-state index contributed by atoms with van der Waals surface area (Å²) < 4.78 is 14.2. The average molecular weight is 350 g/mol. The molecule has 3 aromatic rings. The van der Waals surface area contributed by atoms with Crippen LogP contribution < -0.4 is 16.4 Å². The van der Waals surface area contributed by atoms with Gasteiger partial charge in [0.05, 0.1) is 11.1 Å². The van der Waals surface area contributed by atoms with Gasteiger partial charge in [0.1, 0.15) is 6.07 Å². The molecule has 0 radical (unpaired) electrons. The number of nitriles is 1. The number of hydrogen-bond donors (Lipinski definition) is 3. The Morgan fingerprint density at radius 2 is 2.12 bits per heavy atom. The third kappa shape index (κ3) is 3.71. The van der Waals surface area contributed by atoms with Gasteiger partial charge in [-0.2, -0.15) is 5.26 Å². The van der Waals surface area contributed by atoms with E-state index in [1.807, 2.05) is 43.3 Å². The molecule has 1 unspecified atom stereocenters. The van der Waals surface area contributed by atoms with Crippen molar-refractivity contribution in [1.82, 2.24) is 9.97 Å². The Hall–Kier alpha value is -3.24. The summed E-state index contributed by atoms with van der Waals surface area (Å²) in [5, 5.41) is 16.3. The molecule has 0 fully saturated rings. The van der Waals surface area contributed by atoms with Gasteiger partial charge in [0.15, 0.2) is 17.5 Å². The van der Waals surface area contributed by atoms with Crippen molar-refractivity contribution in [3.05, 3.63) is 54.0 Å². The molecule has 0 aliphatic rings. The molecular weight excluding hydrogens is 331 g/mol. The molecule has 3 rings (SSSR count).